The number of rotatable bonds is 8. The van der Waals surface area contributed by atoms with Crippen LogP contribution in [0.4, 0.5) is 17.6 Å². The van der Waals surface area contributed by atoms with Crippen molar-refractivity contribution < 1.29 is 22.3 Å². The first kappa shape index (κ1) is 52.0. The molecule has 14 rings (SSSR count). The van der Waals surface area contributed by atoms with Gasteiger partial charge in [-0.1, -0.05) is 115 Å². The summed E-state index contributed by atoms with van der Waals surface area (Å²) in [5, 5.41) is 0. The van der Waals surface area contributed by atoms with Crippen molar-refractivity contribution in [1.29, 1.82) is 0 Å². The van der Waals surface area contributed by atoms with Crippen LogP contribution in [-0.4, -0.2) is 58.3 Å². The van der Waals surface area contributed by atoms with Crippen LogP contribution >= 0.6 is 0 Å². The highest BCUT2D eigenvalue weighted by atomic mass is 19.2. The minimum Gasteiger partial charge on any atom is -0.372 e. The number of nitrogens with zero attached hydrogens (tertiary/aromatic N) is 2. The fourth-order valence-corrected chi connectivity index (χ4v) is 19.9. The highest BCUT2D eigenvalue weighted by Crippen LogP contribution is 2.72. The summed E-state index contributed by atoms with van der Waals surface area (Å²) in [5.41, 5.74) is 10.8. The molecule has 0 N–H and O–H groups in total. The van der Waals surface area contributed by atoms with Gasteiger partial charge in [-0.3, -0.25) is 0 Å². The quantitative estimate of drug-likeness (QED) is 0.178. The molecule has 15 unspecified atom stereocenters. The van der Waals surface area contributed by atoms with Gasteiger partial charge in [0.1, 0.15) is 12.3 Å². The predicted molar refractivity (Wildman–Crippen MR) is 307 cm³/mol. The molecule has 416 valence electrons. The zero-order valence-electron chi connectivity index (χ0n) is 46.8. The second-order valence-corrected chi connectivity index (χ2v) is 27.3. The molecular weight excluding hydrogens is 973 g/mol. The van der Waals surface area contributed by atoms with E-state index in [1.54, 1.807) is 0 Å². The fraction of sp³-hybridized carbons (Fsp3) is 0.634. The third-order valence-electron chi connectivity index (χ3n) is 23.4. The Bertz CT molecular complexity index is 2770. The van der Waals surface area contributed by atoms with Crippen molar-refractivity contribution in [2.75, 3.05) is 0 Å². The van der Waals surface area contributed by atoms with Crippen LogP contribution < -0.4 is 0 Å². The number of ether oxygens (including phenoxy) is 1. The summed E-state index contributed by atoms with van der Waals surface area (Å²) >= 11 is 0. The van der Waals surface area contributed by atoms with Crippen molar-refractivity contribution in [2.45, 2.75) is 222 Å². The lowest BCUT2D eigenvalue weighted by Crippen LogP contribution is -2.59. The molecular formula is C71H88F4N2O. The molecule has 2 heterocycles. The molecule has 5 fully saturated rings. The average Bonchev–Trinajstić information content (AvgIpc) is 3.90. The van der Waals surface area contributed by atoms with E-state index in [1.807, 2.05) is 6.08 Å². The van der Waals surface area contributed by atoms with E-state index in [-0.39, 0.29) is 58.8 Å². The third kappa shape index (κ3) is 8.69. The van der Waals surface area contributed by atoms with E-state index in [4.69, 9.17) is 4.74 Å². The van der Waals surface area contributed by atoms with Crippen LogP contribution in [0.25, 0.3) is 0 Å². The van der Waals surface area contributed by atoms with Gasteiger partial charge in [0.25, 0.3) is 0 Å². The number of likely N-dealkylation sites (tertiary alicyclic amines) is 1. The first-order valence-corrected chi connectivity index (χ1v) is 31.9. The molecule has 7 heteroatoms. The maximum absolute atomic E-state index is 19.1. The van der Waals surface area contributed by atoms with Crippen LogP contribution in [0.15, 0.2) is 154 Å². The van der Waals surface area contributed by atoms with Crippen molar-refractivity contribution in [3.63, 3.8) is 0 Å². The fourth-order valence-electron chi connectivity index (χ4n) is 19.9. The Labute approximate surface area is 465 Å². The van der Waals surface area contributed by atoms with Crippen molar-refractivity contribution in [3.05, 3.63) is 154 Å². The minimum absolute atomic E-state index is 0.00263. The van der Waals surface area contributed by atoms with Gasteiger partial charge < -0.3 is 14.5 Å². The summed E-state index contributed by atoms with van der Waals surface area (Å²) in [7, 11) is 0. The summed E-state index contributed by atoms with van der Waals surface area (Å²) in [5.74, 6) is -0.404. The molecule has 0 aromatic rings. The van der Waals surface area contributed by atoms with E-state index in [1.165, 1.54) is 57.9 Å². The molecule has 4 saturated carbocycles. The van der Waals surface area contributed by atoms with Gasteiger partial charge in [-0.15, -0.1) is 6.58 Å². The van der Waals surface area contributed by atoms with E-state index in [0.717, 1.165) is 140 Å². The second kappa shape index (κ2) is 21.0. The molecule has 0 aromatic heterocycles. The van der Waals surface area contributed by atoms with Crippen LogP contribution in [0.2, 0.25) is 0 Å². The van der Waals surface area contributed by atoms with Crippen LogP contribution in [0.3, 0.4) is 0 Å². The number of fused-ring (bicyclic) bond motifs is 11. The van der Waals surface area contributed by atoms with E-state index < -0.39 is 36.0 Å². The normalized spacial score (nSPS) is 44.6. The number of alkyl halides is 4. The van der Waals surface area contributed by atoms with Gasteiger partial charge in [-0.2, -0.15) is 0 Å². The first-order valence-electron chi connectivity index (χ1n) is 31.9. The van der Waals surface area contributed by atoms with Gasteiger partial charge in [-0.25, -0.2) is 17.6 Å². The van der Waals surface area contributed by atoms with E-state index in [9.17, 15) is 0 Å². The van der Waals surface area contributed by atoms with Crippen molar-refractivity contribution in [1.82, 2.24) is 9.80 Å². The topological polar surface area (TPSA) is 15.7 Å². The number of halogens is 4. The molecule has 1 saturated heterocycles. The van der Waals surface area contributed by atoms with Crippen molar-refractivity contribution in [3.8, 4) is 0 Å². The highest BCUT2D eigenvalue weighted by molar-refractivity contribution is 5.50. The maximum Gasteiger partial charge on any atom is 0.167 e. The smallest absolute Gasteiger partial charge is 0.167 e. The first-order chi connectivity index (χ1) is 38.1. The predicted octanol–water partition coefficient (Wildman–Crippen LogP) is 18.1. The van der Waals surface area contributed by atoms with Gasteiger partial charge in [0.2, 0.25) is 0 Å². The Hall–Kier alpha value is -4.10. The zero-order chi connectivity index (χ0) is 52.9. The van der Waals surface area contributed by atoms with Crippen LogP contribution in [0.1, 0.15) is 174 Å². The van der Waals surface area contributed by atoms with Gasteiger partial charge in [0.05, 0.1) is 17.7 Å². The number of hydrogen-bond donors (Lipinski definition) is 0. The summed E-state index contributed by atoms with van der Waals surface area (Å²) in [6, 6.07) is 0.451. The summed E-state index contributed by atoms with van der Waals surface area (Å²) in [6.07, 6.45) is 52.0. The molecule has 0 radical (unpaired) electrons. The Morgan fingerprint density at radius 3 is 2.35 bits per heavy atom. The maximum atomic E-state index is 19.1. The molecule has 2 aliphatic heterocycles. The van der Waals surface area contributed by atoms with Gasteiger partial charge in [-0.05, 0) is 225 Å². The van der Waals surface area contributed by atoms with Gasteiger partial charge >= 0.3 is 0 Å². The van der Waals surface area contributed by atoms with E-state index >= 15 is 17.6 Å². The summed E-state index contributed by atoms with van der Waals surface area (Å²) < 4.78 is 79.4. The summed E-state index contributed by atoms with van der Waals surface area (Å²) in [4.78, 5) is 5.40. The number of hydrogen-bond acceptors (Lipinski definition) is 3. The lowest BCUT2D eigenvalue weighted by atomic mass is 9.50. The van der Waals surface area contributed by atoms with E-state index in [2.05, 4.69) is 108 Å². The van der Waals surface area contributed by atoms with Gasteiger partial charge in [0, 0.05) is 46.1 Å². The number of allylic oxidation sites excluding steroid dienone is 20. The molecule has 3 nitrogen and oxygen atoms in total. The zero-order valence-corrected chi connectivity index (χ0v) is 46.8. The molecule has 14 aliphatic rings. The molecule has 6 bridgehead atoms. The van der Waals surface area contributed by atoms with Crippen molar-refractivity contribution in [2.24, 2.45) is 58.7 Å². The molecule has 78 heavy (non-hydrogen) atoms. The Kier molecular flexibility index (Phi) is 14.0. The van der Waals surface area contributed by atoms with E-state index in [0.29, 0.717) is 37.1 Å². The third-order valence-corrected chi connectivity index (χ3v) is 23.4. The standard InChI is InChI=1S/C71H88F4N2O/c1-3-44-36-38-70(2,39-37-44)78-54-31-25-49(26-32-54)71-61-20-12-10-18-56(61)57-34-30-53(43-62(57)71)76(51-27-22-46(23-28-51)45-14-6-4-7-15-45)52-29-33-55(48(40-52)42-60-66(72)65(71)68(74)69(75)67(60)73)47-24-35-64-59(41-47)58-19-11-13-21-63(58)77(64)50-16-8-5-9-17-50/h3-4,6,14,16,19,21-23,25,27,29,41-44,48,51,54-57,59,61-62,64-69H,1,5,7-13,15,17-18,20,24,26,28,30-40H2,2H3/b60-42+/t44?,48?,51?,54?,55?,56?,57?,59?,61?,62?,64?,65?,66-,67?,68?,69?,70?,71?/m0/s1. The van der Waals surface area contributed by atoms with Gasteiger partial charge in [0.15, 0.2) is 12.3 Å². The largest absolute Gasteiger partial charge is 0.372 e. The van der Waals surface area contributed by atoms with Crippen LogP contribution in [-0.2, 0) is 4.74 Å². The molecule has 16 atom stereocenters. The molecule has 0 amide bonds. The Balaban J connectivity index is 0.897. The lowest BCUT2D eigenvalue weighted by Gasteiger charge is -2.56. The SMILES string of the molecule is C=CC1CCC(C)(OC2CC=C(C34C5C=C(CCC5C5CCCCC53)N(C3C=CC(C5=CC=CCC5)=CC3)C3=CCC(C5=CC6C7=CCCC=C7N(C7=CCCCC7)C6CC5)C(/C=C5/C(F)C(F)C(F)C4[C@H]5F)C3)CC2)CC1. The highest BCUT2D eigenvalue weighted by Gasteiger charge is 2.70. The Morgan fingerprint density at radius 1 is 0.692 bits per heavy atom. The van der Waals surface area contributed by atoms with Crippen LogP contribution in [0.5, 0.6) is 0 Å². The Morgan fingerprint density at radius 2 is 1.56 bits per heavy atom. The lowest BCUT2D eigenvalue weighted by molar-refractivity contribution is -0.112. The van der Waals surface area contributed by atoms with Crippen LogP contribution in [0, 0.1) is 58.7 Å². The minimum atomic E-state index is -2.42. The molecule has 12 aliphatic carbocycles. The molecule has 0 spiro atoms. The molecule has 0 aromatic carbocycles. The monoisotopic (exact) mass is 1060 g/mol. The average molecular weight is 1060 g/mol. The second-order valence-electron chi connectivity index (χ2n) is 27.3. The van der Waals surface area contributed by atoms with Crippen molar-refractivity contribution >= 4 is 0 Å². The summed E-state index contributed by atoms with van der Waals surface area (Å²) in [6.45, 7) is 6.36.